The summed E-state index contributed by atoms with van der Waals surface area (Å²) in [6, 6.07) is 18.7. The molecule has 0 aliphatic heterocycles. The molecule has 9 nitrogen and oxygen atoms in total. The maximum Gasteiger partial charge on any atom is 0.303 e. The molecule has 4 aromatic rings. The minimum atomic E-state index is -1.13. The smallest absolute Gasteiger partial charge is 0.303 e. The third kappa shape index (κ3) is 6.32. The summed E-state index contributed by atoms with van der Waals surface area (Å²) in [6.07, 6.45) is 1.47. The average molecular weight is 485 g/mol. The number of aryl methyl sites for hydroxylation is 2. The minimum absolute atomic E-state index is 0.165. The van der Waals surface area contributed by atoms with E-state index in [2.05, 4.69) is 36.6 Å². The molecule has 0 aliphatic rings. The summed E-state index contributed by atoms with van der Waals surface area (Å²) in [7, 11) is 0. The molecule has 1 atom stereocenters. The number of ether oxygens (including phenoxy) is 1. The van der Waals surface area contributed by atoms with E-state index in [1.54, 1.807) is 24.3 Å². The van der Waals surface area contributed by atoms with Crippen LogP contribution in [-0.2, 0) is 20.7 Å². The van der Waals surface area contributed by atoms with Gasteiger partial charge >= 0.3 is 5.97 Å². The SMILES string of the molecule is CC(=O)OC(C(=O)NC(=NCCc1c[nH]c2ccccc12)Nc1nc(C)cc(C)n1)c1ccccc1. The number of hydrogen-bond acceptors (Lipinski definition) is 6. The Morgan fingerprint density at radius 1 is 1.03 bits per heavy atom. The van der Waals surface area contributed by atoms with Crippen LogP contribution >= 0.6 is 0 Å². The Bertz CT molecular complexity index is 1380. The molecule has 0 saturated carbocycles. The highest BCUT2D eigenvalue weighted by atomic mass is 16.5. The normalized spacial score (nSPS) is 12.2. The lowest BCUT2D eigenvalue weighted by molar-refractivity contribution is -0.153. The van der Waals surface area contributed by atoms with E-state index < -0.39 is 18.0 Å². The van der Waals surface area contributed by atoms with Crippen molar-refractivity contribution in [3.8, 4) is 0 Å². The van der Waals surface area contributed by atoms with E-state index in [0.29, 0.717) is 24.5 Å². The molecule has 184 valence electrons. The lowest BCUT2D eigenvalue weighted by Crippen LogP contribution is -2.40. The zero-order valence-electron chi connectivity index (χ0n) is 20.4. The van der Waals surface area contributed by atoms with Crippen LogP contribution in [0.5, 0.6) is 0 Å². The van der Waals surface area contributed by atoms with Gasteiger partial charge in [0.15, 0.2) is 0 Å². The number of aliphatic imine (C=N–C) groups is 1. The molecule has 0 saturated heterocycles. The van der Waals surface area contributed by atoms with Crippen molar-refractivity contribution >= 4 is 34.7 Å². The highest BCUT2D eigenvalue weighted by Gasteiger charge is 2.25. The fraction of sp³-hybridized carbons (Fsp3) is 0.222. The fourth-order valence-electron chi connectivity index (χ4n) is 3.87. The first-order valence-corrected chi connectivity index (χ1v) is 11.6. The van der Waals surface area contributed by atoms with Gasteiger partial charge in [0.25, 0.3) is 5.91 Å². The number of H-pyrrole nitrogens is 1. The molecular formula is C27H28N6O3. The van der Waals surface area contributed by atoms with Crippen molar-refractivity contribution in [3.63, 3.8) is 0 Å². The van der Waals surface area contributed by atoms with Gasteiger partial charge in [0, 0.05) is 47.5 Å². The van der Waals surface area contributed by atoms with Gasteiger partial charge in [0.05, 0.1) is 0 Å². The second kappa shape index (κ2) is 11.3. The van der Waals surface area contributed by atoms with Crippen molar-refractivity contribution in [1.82, 2.24) is 20.3 Å². The summed E-state index contributed by atoms with van der Waals surface area (Å²) in [6.45, 7) is 5.37. The second-order valence-corrected chi connectivity index (χ2v) is 8.33. The third-order valence-corrected chi connectivity index (χ3v) is 5.40. The molecule has 3 N–H and O–H groups in total. The van der Waals surface area contributed by atoms with Crippen LogP contribution < -0.4 is 10.6 Å². The Morgan fingerprint density at radius 2 is 1.72 bits per heavy atom. The summed E-state index contributed by atoms with van der Waals surface area (Å²) in [5.74, 6) is -0.637. The van der Waals surface area contributed by atoms with Crippen LogP contribution in [-0.4, -0.2) is 39.3 Å². The maximum absolute atomic E-state index is 13.2. The summed E-state index contributed by atoms with van der Waals surface area (Å²) in [5.41, 5.74) is 4.27. The van der Waals surface area contributed by atoms with E-state index in [9.17, 15) is 9.59 Å². The predicted molar refractivity (Wildman–Crippen MR) is 139 cm³/mol. The number of carbonyl (C=O) groups is 2. The van der Waals surface area contributed by atoms with Crippen molar-refractivity contribution in [2.75, 3.05) is 11.9 Å². The van der Waals surface area contributed by atoms with Crippen LogP contribution in [0.15, 0.2) is 71.9 Å². The number of hydrogen-bond donors (Lipinski definition) is 3. The number of amides is 1. The highest BCUT2D eigenvalue weighted by Crippen LogP contribution is 2.19. The van der Waals surface area contributed by atoms with E-state index >= 15 is 0 Å². The van der Waals surface area contributed by atoms with Crippen molar-refractivity contribution in [2.45, 2.75) is 33.3 Å². The number of guanidine groups is 1. The molecule has 9 heteroatoms. The monoisotopic (exact) mass is 484 g/mol. The number of para-hydroxylation sites is 1. The van der Waals surface area contributed by atoms with E-state index in [-0.39, 0.29) is 5.96 Å². The Labute approximate surface area is 209 Å². The van der Waals surface area contributed by atoms with Crippen LogP contribution in [0.2, 0.25) is 0 Å². The van der Waals surface area contributed by atoms with Gasteiger partial charge in [-0.05, 0) is 38.0 Å². The molecule has 2 heterocycles. The fourth-order valence-corrected chi connectivity index (χ4v) is 3.87. The topological polar surface area (TPSA) is 121 Å². The van der Waals surface area contributed by atoms with Crippen molar-refractivity contribution < 1.29 is 14.3 Å². The second-order valence-electron chi connectivity index (χ2n) is 8.33. The van der Waals surface area contributed by atoms with Gasteiger partial charge in [-0.15, -0.1) is 0 Å². The number of carbonyl (C=O) groups excluding carboxylic acids is 2. The molecule has 2 aromatic carbocycles. The molecule has 1 amide bonds. The molecule has 4 rings (SSSR count). The van der Waals surface area contributed by atoms with Gasteiger partial charge in [0.1, 0.15) is 0 Å². The minimum Gasteiger partial charge on any atom is -0.447 e. The molecule has 0 bridgehead atoms. The van der Waals surface area contributed by atoms with Crippen LogP contribution in [0.3, 0.4) is 0 Å². The van der Waals surface area contributed by atoms with Crippen LogP contribution in [0, 0.1) is 13.8 Å². The zero-order chi connectivity index (χ0) is 25.5. The largest absolute Gasteiger partial charge is 0.447 e. The molecule has 0 fully saturated rings. The van der Waals surface area contributed by atoms with Crippen molar-refractivity contribution in [1.29, 1.82) is 0 Å². The van der Waals surface area contributed by atoms with E-state index in [4.69, 9.17) is 4.74 Å². The molecule has 1 unspecified atom stereocenters. The first-order valence-electron chi connectivity index (χ1n) is 11.6. The molecule has 0 radical (unpaired) electrons. The predicted octanol–water partition coefficient (Wildman–Crippen LogP) is 4.01. The highest BCUT2D eigenvalue weighted by molar-refractivity contribution is 6.05. The van der Waals surface area contributed by atoms with E-state index in [1.165, 1.54) is 6.92 Å². The Balaban J connectivity index is 1.57. The van der Waals surface area contributed by atoms with Gasteiger partial charge in [-0.2, -0.15) is 0 Å². The number of nitrogens with zero attached hydrogens (tertiary/aromatic N) is 3. The van der Waals surface area contributed by atoms with Crippen LogP contribution in [0.25, 0.3) is 10.9 Å². The van der Waals surface area contributed by atoms with Crippen molar-refractivity contribution in [3.05, 3.63) is 89.4 Å². The van der Waals surface area contributed by atoms with Gasteiger partial charge < -0.3 is 9.72 Å². The Kier molecular flexibility index (Phi) is 7.69. The molecular weight excluding hydrogens is 456 g/mol. The molecule has 0 aliphatic carbocycles. The van der Waals surface area contributed by atoms with Crippen LogP contribution in [0.1, 0.15) is 35.5 Å². The van der Waals surface area contributed by atoms with Gasteiger partial charge in [0.2, 0.25) is 18.0 Å². The number of anilines is 1. The van der Waals surface area contributed by atoms with Gasteiger partial charge in [-0.3, -0.25) is 25.2 Å². The summed E-state index contributed by atoms with van der Waals surface area (Å²) < 4.78 is 5.33. The maximum atomic E-state index is 13.2. The number of aromatic nitrogens is 3. The Morgan fingerprint density at radius 3 is 2.44 bits per heavy atom. The number of esters is 1. The first kappa shape index (κ1) is 24.6. The summed E-state index contributed by atoms with van der Waals surface area (Å²) >= 11 is 0. The number of benzene rings is 2. The summed E-state index contributed by atoms with van der Waals surface area (Å²) in [5, 5.41) is 6.90. The lowest BCUT2D eigenvalue weighted by Gasteiger charge is -2.18. The zero-order valence-corrected chi connectivity index (χ0v) is 20.4. The quantitative estimate of drug-likeness (QED) is 0.207. The molecule has 2 aromatic heterocycles. The number of aromatic amines is 1. The summed E-state index contributed by atoms with van der Waals surface area (Å²) in [4.78, 5) is 41.6. The van der Waals surface area contributed by atoms with E-state index in [1.807, 2.05) is 50.4 Å². The lowest BCUT2D eigenvalue weighted by atomic mass is 10.1. The molecule has 0 spiro atoms. The van der Waals surface area contributed by atoms with E-state index in [0.717, 1.165) is 27.9 Å². The van der Waals surface area contributed by atoms with Crippen molar-refractivity contribution in [2.24, 2.45) is 4.99 Å². The van der Waals surface area contributed by atoms with Gasteiger partial charge in [-0.1, -0.05) is 48.5 Å². The number of rotatable bonds is 7. The first-order chi connectivity index (χ1) is 17.4. The van der Waals surface area contributed by atoms with Crippen LogP contribution in [0.4, 0.5) is 5.95 Å². The average Bonchev–Trinajstić information content (AvgIpc) is 3.25. The molecule has 36 heavy (non-hydrogen) atoms. The van der Waals surface area contributed by atoms with Gasteiger partial charge in [-0.25, -0.2) is 9.97 Å². The standard InChI is InChI=1S/C27H28N6O3/c1-17-15-18(2)31-27(30-17)33-26(28-14-13-21-16-29-23-12-8-7-11-22(21)23)32-25(35)24(36-19(3)34)20-9-5-4-6-10-20/h4-12,15-16,24,29H,13-14H2,1-3H3,(H2,28,30,31,32,33,35). The third-order valence-electron chi connectivity index (χ3n) is 5.40. The Hall–Kier alpha value is -4.53. The number of fused-ring (bicyclic) bond motifs is 1. The number of nitrogens with one attached hydrogen (secondary N) is 3.